The third-order valence-corrected chi connectivity index (χ3v) is 5.23. The van der Waals surface area contributed by atoms with Crippen molar-refractivity contribution in [3.8, 4) is 11.1 Å². The second-order valence-electron chi connectivity index (χ2n) is 5.93. The summed E-state index contributed by atoms with van der Waals surface area (Å²) in [7, 11) is 0. The van der Waals surface area contributed by atoms with Crippen molar-refractivity contribution in [2.75, 3.05) is 5.32 Å². The number of hydrogen-bond acceptors (Lipinski definition) is 4. The SMILES string of the molecule is O=C(Cn1cnc2scc(-c3ccc(Cl)cc3)c2c1=O)Nc1ccccc1. The molecule has 7 heteroatoms. The van der Waals surface area contributed by atoms with Gasteiger partial charge in [0.1, 0.15) is 11.4 Å². The van der Waals surface area contributed by atoms with Gasteiger partial charge in [0, 0.05) is 21.7 Å². The number of benzene rings is 2. The molecule has 0 aliphatic rings. The Labute approximate surface area is 163 Å². The summed E-state index contributed by atoms with van der Waals surface area (Å²) in [6.45, 7) is -0.105. The molecule has 0 saturated heterocycles. The van der Waals surface area contributed by atoms with E-state index in [1.54, 1.807) is 24.3 Å². The number of thiophene rings is 1. The highest BCUT2D eigenvalue weighted by Gasteiger charge is 2.14. The number of para-hydroxylation sites is 1. The Morgan fingerprint density at radius 2 is 1.85 bits per heavy atom. The van der Waals surface area contributed by atoms with Crippen molar-refractivity contribution in [1.29, 1.82) is 0 Å². The van der Waals surface area contributed by atoms with E-state index in [1.165, 1.54) is 22.2 Å². The summed E-state index contributed by atoms with van der Waals surface area (Å²) in [5.74, 6) is -0.285. The highest BCUT2D eigenvalue weighted by atomic mass is 35.5. The van der Waals surface area contributed by atoms with E-state index in [0.717, 1.165) is 11.1 Å². The Hall–Kier alpha value is -2.96. The molecule has 0 spiro atoms. The Bertz CT molecular complexity index is 1170. The maximum absolute atomic E-state index is 13.0. The predicted molar refractivity (Wildman–Crippen MR) is 109 cm³/mol. The summed E-state index contributed by atoms with van der Waals surface area (Å²) in [4.78, 5) is 30.2. The zero-order valence-corrected chi connectivity index (χ0v) is 15.6. The molecule has 0 radical (unpaired) electrons. The van der Waals surface area contributed by atoms with E-state index < -0.39 is 0 Å². The molecular formula is C20H14ClN3O2S. The maximum atomic E-state index is 13.0. The Morgan fingerprint density at radius 1 is 1.11 bits per heavy atom. The van der Waals surface area contributed by atoms with E-state index in [4.69, 9.17) is 11.6 Å². The number of amides is 1. The van der Waals surface area contributed by atoms with Crippen LogP contribution in [0.15, 0.2) is 71.1 Å². The molecule has 0 aliphatic carbocycles. The van der Waals surface area contributed by atoms with Crippen LogP contribution in [-0.4, -0.2) is 15.5 Å². The van der Waals surface area contributed by atoms with Crippen LogP contribution in [0.1, 0.15) is 0 Å². The smallest absolute Gasteiger partial charge is 0.263 e. The van der Waals surface area contributed by atoms with Gasteiger partial charge in [-0.05, 0) is 29.8 Å². The lowest BCUT2D eigenvalue weighted by molar-refractivity contribution is -0.116. The molecule has 0 fully saturated rings. The van der Waals surface area contributed by atoms with Gasteiger partial charge in [0.15, 0.2) is 0 Å². The first kappa shape index (κ1) is 17.5. The lowest BCUT2D eigenvalue weighted by atomic mass is 10.1. The molecule has 0 unspecified atom stereocenters. The summed E-state index contributed by atoms with van der Waals surface area (Å²) in [6, 6.07) is 16.4. The fourth-order valence-electron chi connectivity index (χ4n) is 2.80. The van der Waals surface area contributed by atoms with Crippen molar-refractivity contribution in [2.24, 2.45) is 0 Å². The van der Waals surface area contributed by atoms with Crippen molar-refractivity contribution in [2.45, 2.75) is 6.54 Å². The molecule has 27 heavy (non-hydrogen) atoms. The quantitative estimate of drug-likeness (QED) is 0.556. The topological polar surface area (TPSA) is 64.0 Å². The number of nitrogens with one attached hydrogen (secondary N) is 1. The van der Waals surface area contributed by atoms with Crippen molar-refractivity contribution in [3.63, 3.8) is 0 Å². The molecule has 0 aliphatic heterocycles. The number of carbonyl (C=O) groups is 1. The minimum atomic E-state index is -0.285. The minimum Gasteiger partial charge on any atom is -0.325 e. The molecule has 4 aromatic rings. The molecule has 2 aromatic heterocycles. The molecule has 1 N–H and O–H groups in total. The first-order valence-electron chi connectivity index (χ1n) is 8.19. The molecule has 134 valence electrons. The van der Waals surface area contributed by atoms with E-state index in [2.05, 4.69) is 10.3 Å². The van der Waals surface area contributed by atoms with Gasteiger partial charge in [0.2, 0.25) is 5.91 Å². The van der Waals surface area contributed by atoms with Crippen molar-refractivity contribution < 1.29 is 4.79 Å². The summed E-state index contributed by atoms with van der Waals surface area (Å²) < 4.78 is 1.33. The normalized spacial score (nSPS) is 10.9. The van der Waals surface area contributed by atoms with Crippen LogP contribution in [0.25, 0.3) is 21.3 Å². The van der Waals surface area contributed by atoms with Crippen LogP contribution in [0, 0.1) is 0 Å². The third kappa shape index (κ3) is 3.63. The average Bonchev–Trinajstić information content (AvgIpc) is 3.10. The number of rotatable bonds is 4. The monoisotopic (exact) mass is 395 g/mol. The number of carbonyl (C=O) groups excluding carboxylic acids is 1. The van der Waals surface area contributed by atoms with Gasteiger partial charge in [-0.15, -0.1) is 11.3 Å². The van der Waals surface area contributed by atoms with Crippen molar-refractivity contribution in [1.82, 2.24) is 9.55 Å². The van der Waals surface area contributed by atoms with Crippen LogP contribution in [0.5, 0.6) is 0 Å². The predicted octanol–water partition coefficient (Wildman–Crippen LogP) is 4.42. The lowest BCUT2D eigenvalue weighted by Crippen LogP contribution is -2.27. The summed E-state index contributed by atoms with van der Waals surface area (Å²) in [5.41, 5.74) is 2.12. The van der Waals surface area contributed by atoms with E-state index in [-0.39, 0.29) is 18.0 Å². The van der Waals surface area contributed by atoms with Crippen LogP contribution in [-0.2, 0) is 11.3 Å². The van der Waals surface area contributed by atoms with Gasteiger partial charge in [0.25, 0.3) is 5.56 Å². The number of anilines is 1. The van der Waals surface area contributed by atoms with Gasteiger partial charge in [-0.3, -0.25) is 14.2 Å². The van der Waals surface area contributed by atoms with Crippen molar-refractivity contribution >= 4 is 44.7 Å². The number of hydrogen-bond donors (Lipinski definition) is 1. The highest BCUT2D eigenvalue weighted by Crippen LogP contribution is 2.31. The summed E-state index contributed by atoms with van der Waals surface area (Å²) in [5, 5.41) is 5.82. The molecule has 2 heterocycles. The molecule has 4 rings (SSSR count). The largest absolute Gasteiger partial charge is 0.325 e. The van der Waals surface area contributed by atoms with Gasteiger partial charge < -0.3 is 5.32 Å². The summed E-state index contributed by atoms with van der Waals surface area (Å²) >= 11 is 7.35. The molecule has 0 atom stereocenters. The summed E-state index contributed by atoms with van der Waals surface area (Å²) in [6.07, 6.45) is 1.41. The fourth-order valence-corrected chi connectivity index (χ4v) is 3.83. The number of fused-ring (bicyclic) bond motifs is 1. The number of aromatic nitrogens is 2. The Kier molecular flexibility index (Phi) is 4.75. The Morgan fingerprint density at radius 3 is 2.59 bits per heavy atom. The molecular weight excluding hydrogens is 382 g/mol. The fraction of sp³-hybridized carbons (Fsp3) is 0.0500. The van der Waals surface area contributed by atoms with Crippen LogP contribution in [0.4, 0.5) is 5.69 Å². The molecule has 1 amide bonds. The zero-order chi connectivity index (χ0) is 18.8. The third-order valence-electron chi connectivity index (χ3n) is 4.09. The van der Waals surface area contributed by atoms with Crippen LogP contribution >= 0.6 is 22.9 Å². The maximum Gasteiger partial charge on any atom is 0.263 e. The average molecular weight is 396 g/mol. The molecule has 0 bridgehead atoms. The van der Waals surface area contributed by atoms with Gasteiger partial charge in [-0.25, -0.2) is 4.98 Å². The van der Waals surface area contributed by atoms with Crippen LogP contribution in [0.2, 0.25) is 5.02 Å². The Balaban J connectivity index is 1.67. The van der Waals surface area contributed by atoms with Gasteiger partial charge in [0.05, 0.1) is 11.7 Å². The van der Waals surface area contributed by atoms with E-state index >= 15 is 0 Å². The standard InChI is InChI=1S/C20H14ClN3O2S/c21-14-8-6-13(7-9-14)16-11-27-19-18(16)20(26)24(12-22-19)10-17(25)23-15-4-2-1-3-5-15/h1-9,11-12H,10H2,(H,23,25). The first-order valence-corrected chi connectivity index (χ1v) is 9.45. The first-order chi connectivity index (χ1) is 13.1. The molecule has 0 saturated carbocycles. The van der Waals surface area contributed by atoms with Gasteiger partial charge >= 0.3 is 0 Å². The second-order valence-corrected chi connectivity index (χ2v) is 7.22. The van der Waals surface area contributed by atoms with Gasteiger partial charge in [-0.1, -0.05) is 41.9 Å². The zero-order valence-electron chi connectivity index (χ0n) is 14.1. The van der Waals surface area contributed by atoms with E-state index in [9.17, 15) is 9.59 Å². The van der Waals surface area contributed by atoms with Crippen molar-refractivity contribution in [3.05, 3.63) is 81.7 Å². The van der Waals surface area contributed by atoms with E-state index in [1.807, 2.05) is 35.7 Å². The van der Waals surface area contributed by atoms with E-state index in [0.29, 0.717) is 20.9 Å². The minimum absolute atomic E-state index is 0.105. The van der Waals surface area contributed by atoms with Crippen LogP contribution < -0.4 is 10.9 Å². The number of halogens is 1. The molecule has 5 nitrogen and oxygen atoms in total. The van der Waals surface area contributed by atoms with Gasteiger partial charge in [-0.2, -0.15) is 0 Å². The lowest BCUT2D eigenvalue weighted by Gasteiger charge is -2.08. The number of nitrogens with zero attached hydrogens (tertiary/aromatic N) is 2. The van der Waals surface area contributed by atoms with Crippen LogP contribution in [0.3, 0.4) is 0 Å². The highest BCUT2D eigenvalue weighted by molar-refractivity contribution is 7.17. The molecule has 2 aromatic carbocycles. The second kappa shape index (κ2) is 7.34.